The van der Waals surface area contributed by atoms with Crippen LogP contribution in [0.15, 0.2) is 237 Å². The Morgan fingerprint density at radius 3 is 1.56 bits per heavy atom. The summed E-state index contributed by atoms with van der Waals surface area (Å²) in [5.41, 5.74) is 20.2. The number of benzene rings is 10. The molecule has 10 aromatic carbocycles. The van der Waals surface area contributed by atoms with Crippen LogP contribution in [-0.2, 0) is 5.41 Å². The zero-order valence-corrected chi connectivity index (χ0v) is 36.9. The van der Waals surface area contributed by atoms with E-state index >= 15 is 0 Å². The maximum Gasteiger partial charge on any atom is 0.0619 e. The number of hydrogen-bond acceptors (Lipinski definition) is 1. The van der Waals surface area contributed by atoms with Crippen molar-refractivity contribution in [1.29, 1.82) is 0 Å². The maximum absolute atomic E-state index is 2.45. The molecule has 66 heavy (non-hydrogen) atoms. The smallest absolute Gasteiger partial charge is 0.0619 e. The summed E-state index contributed by atoms with van der Waals surface area (Å²) >= 11 is 0. The van der Waals surface area contributed by atoms with Crippen LogP contribution in [0, 0.1) is 0 Å². The molecular weight excluding hydrogens is 799 g/mol. The number of para-hydroxylation sites is 6. The first-order valence-electron chi connectivity index (χ1n) is 22.9. The fourth-order valence-corrected chi connectivity index (χ4v) is 11.0. The van der Waals surface area contributed by atoms with Gasteiger partial charge in [-0.3, -0.25) is 0 Å². The number of fused-ring (bicyclic) bond motifs is 9. The van der Waals surface area contributed by atoms with Gasteiger partial charge in [0.15, 0.2) is 0 Å². The molecule has 0 aliphatic heterocycles. The van der Waals surface area contributed by atoms with E-state index in [9.17, 15) is 0 Å². The van der Waals surface area contributed by atoms with Crippen LogP contribution in [0.2, 0.25) is 0 Å². The molecule has 2 aromatic heterocycles. The molecule has 3 nitrogen and oxygen atoms in total. The van der Waals surface area contributed by atoms with E-state index < -0.39 is 0 Å². The molecule has 0 bridgehead atoms. The highest BCUT2D eigenvalue weighted by Gasteiger charge is 2.36. The quantitative estimate of drug-likeness (QED) is 0.156. The molecule has 0 spiro atoms. The SMILES string of the molecule is CC1(C)c2ccccc2-c2ccc(N(c3ccccc3)c3cc(-c4ccc(-n5c6ccccc6c6ccccc65)cc4)cc(-c4cccc5c6ccccc6n(-c6ccccc6)c45)c3)cc21. The van der Waals surface area contributed by atoms with Crippen molar-refractivity contribution in [2.75, 3.05) is 4.90 Å². The lowest BCUT2D eigenvalue weighted by Gasteiger charge is -2.29. The van der Waals surface area contributed by atoms with Crippen LogP contribution in [0.25, 0.3) is 88.4 Å². The number of nitrogens with zero attached hydrogens (tertiary/aromatic N) is 3. The van der Waals surface area contributed by atoms with Gasteiger partial charge in [0, 0.05) is 61.0 Å². The molecule has 0 saturated heterocycles. The molecule has 13 rings (SSSR count). The van der Waals surface area contributed by atoms with E-state index in [2.05, 4.69) is 264 Å². The van der Waals surface area contributed by atoms with Crippen LogP contribution >= 0.6 is 0 Å². The second kappa shape index (κ2) is 14.8. The van der Waals surface area contributed by atoms with Crippen molar-refractivity contribution in [3.63, 3.8) is 0 Å². The number of anilines is 3. The van der Waals surface area contributed by atoms with E-state index in [1.165, 1.54) is 71.4 Å². The van der Waals surface area contributed by atoms with E-state index in [-0.39, 0.29) is 5.41 Å². The van der Waals surface area contributed by atoms with E-state index in [0.29, 0.717) is 0 Å². The van der Waals surface area contributed by atoms with Gasteiger partial charge in [-0.2, -0.15) is 0 Å². The number of rotatable bonds is 7. The summed E-state index contributed by atoms with van der Waals surface area (Å²) in [4.78, 5) is 2.45. The minimum Gasteiger partial charge on any atom is -0.310 e. The predicted octanol–water partition coefficient (Wildman–Crippen LogP) is 17.0. The van der Waals surface area contributed by atoms with Gasteiger partial charge < -0.3 is 14.0 Å². The molecule has 0 unspecified atom stereocenters. The normalized spacial score (nSPS) is 12.8. The molecule has 3 heteroatoms. The Morgan fingerprint density at radius 2 is 0.848 bits per heavy atom. The summed E-state index contributed by atoms with van der Waals surface area (Å²) in [5, 5.41) is 4.99. The highest BCUT2D eigenvalue weighted by atomic mass is 15.1. The Bertz CT molecular complexity index is 3780. The minimum atomic E-state index is -0.143. The highest BCUT2D eigenvalue weighted by molar-refractivity contribution is 6.14. The van der Waals surface area contributed by atoms with Gasteiger partial charge in [-0.25, -0.2) is 0 Å². The molecule has 0 fully saturated rings. The number of hydrogen-bond donors (Lipinski definition) is 0. The van der Waals surface area contributed by atoms with E-state index in [1.807, 2.05) is 0 Å². The Kier molecular flexibility index (Phi) is 8.56. The molecule has 0 amide bonds. The fourth-order valence-electron chi connectivity index (χ4n) is 11.0. The zero-order chi connectivity index (χ0) is 43.9. The monoisotopic (exact) mass is 843 g/mol. The topological polar surface area (TPSA) is 13.1 Å². The summed E-state index contributed by atoms with van der Waals surface area (Å²) in [7, 11) is 0. The van der Waals surface area contributed by atoms with E-state index in [0.717, 1.165) is 45.1 Å². The van der Waals surface area contributed by atoms with Crippen LogP contribution in [-0.4, -0.2) is 9.13 Å². The Morgan fingerprint density at radius 1 is 0.318 bits per heavy atom. The van der Waals surface area contributed by atoms with Crippen molar-refractivity contribution in [2.24, 2.45) is 0 Å². The first-order valence-corrected chi connectivity index (χ1v) is 22.9. The third-order valence-corrected chi connectivity index (χ3v) is 14.1. The van der Waals surface area contributed by atoms with Crippen molar-refractivity contribution in [3.05, 3.63) is 248 Å². The average Bonchev–Trinajstić information content (AvgIpc) is 3.98. The van der Waals surface area contributed by atoms with Gasteiger partial charge in [-0.1, -0.05) is 166 Å². The van der Waals surface area contributed by atoms with Gasteiger partial charge >= 0.3 is 0 Å². The molecule has 0 saturated carbocycles. The highest BCUT2D eigenvalue weighted by Crippen LogP contribution is 2.51. The summed E-state index contributed by atoms with van der Waals surface area (Å²) in [6.45, 7) is 4.73. The summed E-state index contributed by atoms with van der Waals surface area (Å²) in [6, 6.07) is 87.0. The molecule has 0 N–H and O–H groups in total. The molecule has 0 atom stereocenters. The van der Waals surface area contributed by atoms with Gasteiger partial charge in [0.1, 0.15) is 0 Å². The average molecular weight is 844 g/mol. The lowest BCUT2D eigenvalue weighted by molar-refractivity contribution is 0.660. The predicted molar refractivity (Wildman–Crippen MR) is 278 cm³/mol. The Hall–Kier alpha value is -8.40. The first kappa shape index (κ1) is 38.1. The third kappa shape index (κ3) is 5.83. The van der Waals surface area contributed by atoms with Crippen molar-refractivity contribution in [2.45, 2.75) is 19.3 Å². The van der Waals surface area contributed by atoms with Gasteiger partial charge in [-0.15, -0.1) is 0 Å². The van der Waals surface area contributed by atoms with E-state index in [4.69, 9.17) is 0 Å². The van der Waals surface area contributed by atoms with Crippen molar-refractivity contribution in [3.8, 4) is 44.8 Å². The van der Waals surface area contributed by atoms with Crippen molar-refractivity contribution >= 4 is 60.7 Å². The molecule has 12 aromatic rings. The van der Waals surface area contributed by atoms with Crippen molar-refractivity contribution < 1.29 is 0 Å². The van der Waals surface area contributed by atoms with Crippen LogP contribution in [0.5, 0.6) is 0 Å². The molecule has 1 aliphatic rings. The summed E-state index contributed by atoms with van der Waals surface area (Å²) in [6.07, 6.45) is 0. The van der Waals surface area contributed by atoms with Crippen LogP contribution in [0.1, 0.15) is 25.0 Å². The molecule has 1 aliphatic carbocycles. The molecular formula is C63H45N3. The summed E-state index contributed by atoms with van der Waals surface area (Å²) < 4.78 is 4.84. The van der Waals surface area contributed by atoms with Crippen LogP contribution < -0.4 is 4.90 Å². The van der Waals surface area contributed by atoms with Gasteiger partial charge in [0.25, 0.3) is 0 Å². The summed E-state index contributed by atoms with van der Waals surface area (Å²) in [5.74, 6) is 0. The second-order valence-corrected chi connectivity index (χ2v) is 18.1. The zero-order valence-electron chi connectivity index (χ0n) is 36.9. The van der Waals surface area contributed by atoms with Gasteiger partial charge in [0.05, 0.1) is 22.1 Å². The molecule has 0 radical (unpaired) electrons. The lowest BCUT2D eigenvalue weighted by atomic mass is 9.82. The maximum atomic E-state index is 2.45. The lowest BCUT2D eigenvalue weighted by Crippen LogP contribution is -2.16. The van der Waals surface area contributed by atoms with E-state index in [1.54, 1.807) is 0 Å². The second-order valence-electron chi connectivity index (χ2n) is 18.1. The first-order chi connectivity index (χ1) is 32.5. The fraction of sp³-hybridized carbons (Fsp3) is 0.0476. The van der Waals surface area contributed by atoms with Gasteiger partial charge in [0.2, 0.25) is 0 Å². The van der Waals surface area contributed by atoms with Gasteiger partial charge in [-0.05, 0) is 124 Å². The number of aromatic nitrogens is 2. The Labute approximate surface area is 384 Å². The molecule has 312 valence electrons. The standard InChI is InChI=1S/C63H45N3/c1-63(2)57-28-13-9-22-51(57)52-37-36-48(41-58(52)63)64(45-18-5-3-6-19-45)49-39-43(42-32-34-47(35-33-42)65-59-29-14-10-23-53(59)54-24-11-15-30-60(54)65)38-44(40-49)50-26-17-27-56-55-25-12-16-31-61(55)66(62(50)56)46-20-7-4-8-21-46/h3-41H,1-2H3. The minimum absolute atomic E-state index is 0.143. The van der Waals surface area contributed by atoms with Crippen LogP contribution in [0.3, 0.4) is 0 Å². The van der Waals surface area contributed by atoms with Crippen molar-refractivity contribution in [1.82, 2.24) is 9.13 Å². The largest absolute Gasteiger partial charge is 0.310 e. The van der Waals surface area contributed by atoms with Crippen LogP contribution in [0.4, 0.5) is 17.1 Å². The molecule has 2 heterocycles. The Balaban J connectivity index is 1.05. The third-order valence-electron chi connectivity index (χ3n) is 14.1.